The topological polar surface area (TPSA) is 26.4 Å². The van der Waals surface area contributed by atoms with Gasteiger partial charge in [0.15, 0.2) is 0 Å². The normalized spacial score (nSPS) is 37.8. The van der Waals surface area contributed by atoms with Crippen LogP contribution in [0.25, 0.3) is 0 Å². The zero-order valence-electron chi connectivity index (χ0n) is 10.8. The number of piperidine rings is 2. The zero-order chi connectivity index (χ0) is 12.1. The molecule has 1 aromatic heterocycles. The maximum Gasteiger partial charge on any atom is 0.250 e. The Morgan fingerprint density at radius 1 is 1.28 bits per heavy atom. The van der Waals surface area contributed by atoms with Crippen molar-refractivity contribution in [3.05, 3.63) is 34.2 Å². The van der Waals surface area contributed by atoms with Gasteiger partial charge in [-0.2, -0.15) is 0 Å². The molecule has 1 aromatic rings. The molecule has 18 heavy (non-hydrogen) atoms. The van der Waals surface area contributed by atoms with Crippen LogP contribution in [0.1, 0.15) is 37.3 Å². The molecule has 0 spiro atoms. The third-order valence-corrected chi connectivity index (χ3v) is 5.37. The summed E-state index contributed by atoms with van der Waals surface area (Å²) in [5.41, 5.74) is 1.51. The van der Waals surface area contributed by atoms with Crippen LogP contribution in [0.4, 0.5) is 0 Å². The molecule has 4 atom stereocenters. The van der Waals surface area contributed by atoms with E-state index < -0.39 is 0 Å². The molecule has 3 aliphatic rings. The van der Waals surface area contributed by atoms with Crippen molar-refractivity contribution >= 4 is 0 Å². The van der Waals surface area contributed by atoms with Crippen molar-refractivity contribution in [1.82, 2.24) is 4.57 Å². The summed E-state index contributed by atoms with van der Waals surface area (Å²) in [6.07, 6.45) is 5.49. The van der Waals surface area contributed by atoms with Crippen LogP contribution >= 0.6 is 0 Å². The minimum absolute atomic E-state index is 0.210. The number of aromatic nitrogens is 1. The Balaban J connectivity index is 1.76. The number of rotatable bonds is 0. The number of pyridine rings is 1. The maximum absolute atomic E-state index is 12.0. The van der Waals surface area contributed by atoms with Crippen LogP contribution in [-0.4, -0.2) is 23.7 Å². The molecule has 2 saturated heterocycles. The van der Waals surface area contributed by atoms with Crippen LogP contribution < -0.4 is 10.5 Å². The van der Waals surface area contributed by atoms with E-state index in [4.69, 9.17) is 0 Å². The highest BCUT2D eigenvalue weighted by Gasteiger charge is 2.44. The first-order chi connectivity index (χ1) is 8.83. The molecule has 0 radical (unpaired) electrons. The van der Waals surface area contributed by atoms with Crippen LogP contribution in [-0.2, 0) is 6.54 Å². The number of hydrogen-bond acceptors (Lipinski definition) is 1. The Hall–Kier alpha value is -1.09. The number of nitrogens with one attached hydrogen (secondary N) is 1. The van der Waals surface area contributed by atoms with E-state index in [0.717, 1.165) is 18.5 Å². The number of nitrogens with zero attached hydrogens (tertiary/aromatic N) is 1. The molecular weight excluding hydrogens is 224 g/mol. The van der Waals surface area contributed by atoms with E-state index >= 15 is 0 Å². The Morgan fingerprint density at radius 2 is 2.22 bits per heavy atom. The summed E-state index contributed by atoms with van der Waals surface area (Å²) >= 11 is 0. The molecule has 2 fully saturated rings. The van der Waals surface area contributed by atoms with E-state index in [0.29, 0.717) is 5.92 Å². The van der Waals surface area contributed by atoms with Crippen LogP contribution in [0, 0.1) is 5.92 Å². The second-order valence-corrected chi connectivity index (χ2v) is 6.31. The van der Waals surface area contributed by atoms with Gasteiger partial charge in [0.25, 0.3) is 5.56 Å². The molecule has 2 bridgehead atoms. The Morgan fingerprint density at radius 3 is 3.17 bits per heavy atom. The molecule has 3 aliphatic heterocycles. The fourth-order valence-corrected chi connectivity index (χ4v) is 4.61. The lowest BCUT2D eigenvalue weighted by atomic mass is 9.75. The van der Waals surface area contributed by atoms with Crippen LogP contribution in [0.15, 0.2) is 23.0 Å². The number of quaternary nitrogens is 1. The van der Waals surface area contributed by atoms with Crippen molar-refractivity contribution in [1.29, 1.82) is 0 Å². The Bertz CT molecular complexity index is 521. The third-order valence-electron chi connectivity index (χ3n) is 5.37. The van der Waals surface area contributed by atoms with Crippen molar-refractivity contribution in [2.45, 2.75) is 44.2 Å². The summed E-state index contributed by atoms with van der Waals surface area (Å²) in [5, 5.41) is 0. The van der Waals surface area contributed by atoms with E-state index in [9.17, 15) is 4.79 Å². The monoisotopic (exact) mass is 245 g/mol. The molecule has 4 heterocycles. The average molecular weight is 245 g/mol. The van der Waals surface area contributed by atoms with Gasteiger partial charge >= 0.3 is 0 Å². The van der Waals surface area contributed by atoms with E-state index in [1.54, 1.807) is 6.07 Å². The molecule has 3 nitrogen and oxygen atoms in total. The minimum Gasteiger partial charge on any atom is -0.332 e. The average Bonchev–Trinajstić information content (AvgIpc) is 2.40. The van der Waals surface area contributed by atoms with Crippen LogP contribution in [0.2, 0.25) is 0 Å². The highest BCUT2D eigenvalue weighted by atomic mass is 16.1. The second-order valence-electron chi connectivity index (χ2n) is 6.31. The van der Waals surface area contributed by atoms with E-state index in [1.165, 1.54) is 44.5 Å². The first kappa shape index (κ1) is 10.8. The molecule has 4 rings (SSSR count). The van der Waals surface area contributed by atoms with Gasteiger partial charge in [-0.25, -0.2) is 0 Å². The fourth-order valence-electron chi connectivity index (χ4n) is 4.61. The molecule has 3 heteroatoms. The van der Waals surface area contributed by atoms with Crippen molar-refractivity contribution < 1.29 is 4.90 Å². The summed E-state index contributed by atoms with van der Waals surface area (Å²) in [4.78, 5) is 13.8. The smallest absolute Gasteiger partial charge is 0.250 e. The van der Waals surface area contributed by atoms with Gasteiger partial charge < -0.3 is 9.47 Å². The zero-order valence-corrected chi connectivity index (χ0v) is 10.8. The molecule has 0 amide bonds. The largest absolute Gasteiger partial charge is 0.332 e. The van der Waals surface area contributed by atoms with Gasteiger partial charge in [0.2, 0.25) is 0 Å². The second kappa shape index (κ2) is 3.95. The SMILES string of the molecule is O=c1cccc2n1C[C@@H]1C[C@H]2C[NH+]2CCCC[C@H]12. The lowest BCUT2D eigenvalue weighted by Gasteiger charge is -2.47. The van der Waals surface area contributed by atoms with Crippen molar-refractivity contribution in [2.24, 2.45) is 5.92 Å². The van der Waals surface area contributed by atoms with Crippen molar-refractivity contribution in [2.75, 3.05) is 13.1 Å². The summed E-state index contributed by atoms with van der Waals surface area (Å²) in [5.74, 6) is 1.37. The number of hydrogen-bond donors (Lipinski definition) is 1. The van der Waals surface area contributed by atoms with Gasteiger partial charge in [0.05, 0.1) is 19.1 Å². The quantitative estimate of drug-likeness (QED) is 0.704. The van der Waals surface area contributed by atoms with Gasteiger partial charge in [-0.1, -0.05) is 6.07 Å². The van der Waals surface area contributed by atoms with E-state index in [-0.39, 0.29) is 5.56 Å². The molecule has 96 valence electrons. The Kier molecular flexibility index (Phi) is 2.37. The highest BCUT2D eigenvalue weighted by Crippen LogP contribution is 2.34. The molecule has 1 N–H and O–H groups in total. The van der Waals surface area contributed by atoms with Gasteiger partial charge in [0, 0.05) is 30.1 Å². The fraction of sp³-hybridized carbons (Fsp3) is 0.667. The summed E-state index contributed by atoms with van der Waals surface area (Å²) in [6, 6.07) is 6.66. The van der Waals surface area contributed by atoms with E-state index in [2.05, 4.69) is 10.6 Å². The lowest BCUT2D eigenvalue weighted by Crippen LogP contribution is -3.19. The summed E-state index contributed by atoms with van der Waals surface area (Å²) in [7, 11) is 0. The molecule has 0 aromatic carbocycles. The van der Waals surface area contributed by atoms with Gasteiger partial charge in [0.1, 0.15) is 0 Å². The van der Waals surface area contributed by atoms with Gasteiger partial charge in [-0.05, 0) is 31.7 Å². The number of fused-ring (bicyclic) bond motifs is 6. The van der Waals surface area contributed by atoms with E-state index in [1.807, 2.05) is 11.0 Å². The first-order valence-electron chi connectivity index (χ1n) is 7.37. The summed E-state index contributed by atoms with van der Waals surface area (Å²) in [6.45, 7) is 3.58. The van der Waals surface area contributed by atoms with Crippen LogP contribution in [0.3, 0.4) is 0 Å². The van der Waals surface area contributed by atoms with Crippen molar-refractivity contribution in [3.63, 3.8) is 0 Å². The summed E-state index contributed by atoms with van der Waals surface area (Å²) < 4.78 is 2.06. The lowest BCUT2D eigenvalue weighted by molar-refractivity contribution is -0.942. The Labute approximate surface area is 107 Å². The molecule has 1 unspecified atom stereocenters. The molecule has 0 saturated carbocycles. The van der Waals surface area contributed by atoms with Crippen molar-refractivity contribution in [3.8, 4) is 0 Å². The maximum atomic E-state index is 12.0. The highest BCUT2D eigenvalue weighted by molar-refractivity contribution is 5.16. The standard InChI is InChI=1S/C15H20N2O/c18-15-6-3-5-14-11-8-12(10-17(14)15)13-4-1-2-7-16(13)9-11/h3,5-6,11-13H,1-2,4,7-10H2/p+1/t11-,12-,13+/m0/s1. The van der Waals surface area contributed by atoms with Gasteiger partial charge in [-0.3, -0.25) is 4.79 Å². The van der Waals surface area contributed by atoms with Gasteiger partial charge in [-0.15, -0.1) is 0 Å². The molecular formula is C15H21N2O+. The van der Waals surface area contributed by atoms with Crippen LogP contribution in [0.5, 0.6) is 0 Å². The molecule has 0 aliphatic carbocycles. The first-order valence-corrected chi connectivity index (χ1v) is 7.37. The predicted molar refractivity (Wildman–Crippen MR) is 69.9 cm³/mol. The predicted octanol–water partition coefficient (Wildman–Crippen LogP) is 0.403. The third kappa shape index (κ3) is 1.50. The minimum atomic E-state index is 0.210.